The van der Waals surface area contributed by atoms with Gasteiger partial charge in [0, 0.05) is 19.2 Å². The van der Waals surface area contributed by atoms with Crippen LogP contribution in [0.4, 0.5) is 0 Å². The van der Waals surface area contributed by atoms with Gasteiger partial charge in [0.05, 0.1) is 33.1 Å². The zero-order valence-corrected chi connectivity index (χ0v) is 17.0. The van der Waals surface area contributed by atoms with Crippen LogP contribution in [-0.4, -0.2) is 73.2 Å². The van der Waals surface area contributed by atoms with Crippen molar-refractivity contribution in [3.05, 3.63) is 17.7 Å². The maximum absolute atomic E-state index is 11.9. The van der Waals surface area contributed by atoms with Gasteiger partial charge < -0.3 is 24.4 Å². The number of hydrogen-bond donors (Lipinski definition) is 1. The van der Waals surface area contributed by atoms with Crippen molar-refractivity contribution in [3.63, 3.8) is 0 Å². The van der Waals surface area contributed by atoms with Crippen molar-refractivity contribution < 1.29 is 27.4 Å². The van der Waals surface area contributed by atoms with E-state index in [4.69, 9.17) is 14.2 Å². The molecule has 1 aromatic rings. The van der Waals surface area contributed by atoms with Crippen molar-refractivity contribution in [1.29, 1.82) is 0 Å². The summed E-state index contributed by atoms with van der Waals surface area (Å²) in [5.41, 5.74) is 0.868. The summed E-state index contributed by atoms with van der Waals surface area (Å²) in [5, 5.41) is 2.78. The van der Waals surface area contributed by atoms with Gasteiger partial charge in [-0.1, -0.05) is 0 Å². The van der Waals surface area contributed by atoms with Gasteiger partial charge in [-0.3, -0.25) is 4.79 Å². The fraction of sp³-hybridized carbons (Fsp3) is 0.588. The van der Waals surface area contributed by atoms with E-state index in [1.165, 1.54) is 7.11 Å². The molecule has 0 saturated heterocycles. The third-order valence-corrected chi connectivity index (χ3v) is 4.83. The number of carbonyl (C=O) groups excluding carboxylic acids is 1. The first kappa shape index (κ1) is 22.0. The lowest BCUT2D eigenvalue weighted by Gasteiger charge is -2.26. The van der Waals surface area contributed by atoms with Crippen LogP contribution in [0.25, 0.3) is 0 Å². The molecule has 0 saturated carbocycles. The summed E-state index contributed by atoms with van der Waals surface area (Å²) in [6, 6.07) is 3.49. The lowest BCUT2D eigenvalue weighted by Crippen LogP contribution is -2.35. The summed E-state index contributed by atoms with van der Waals surface area (Å²) in [6.45, 7) is 0.314. The molecule has 26 heavy (non-hydrogen) atoms. The van der Waals surface area contributed by atoms with E-state index in [1.54, 1.807) is 14.2 Å². The third-order valence-electron chi connectivity index (χ3n) is 3.89. The van der Waals surface area contributed by atoms with E-state index in [1.807, 2.05) is 31.1 Å². The molecule has 1 unspecified atom stereocenters. The minimum absolute atomic E-state index is 0.0613. The Balaban J connectivity index is 2.98. The van der Waals surface area contributed by atoms with Crippen LogP contribution in [0.3, 0.4) is 0 Å². The van der Waals surface area contributed by atoms with Crippen molar-refractivity contribution in [3.8, 4) is 17.2 Å². The number of rotatable bonds is 10. The number of nitrogens with one attached hydrogen (secondary N) is 1. The fourth-order valence-electron chi connectivity index (χ4n) is 2.47. The van der Waals surface area contributed by atoms with Crippen LogP contribution in [0.1, 0.15) is 18.0 Å². The summed E-state index contributed by atoms with van der Waals surface area (Å²) < 4.78 is 38.4. The van der Waals surface area contributed by atoms with Crippen LogP contribution in [0.2, 0.25) is 0 Å². The molecular formula is C17H28N2O6S. The molecule has 0 radical (unpaired) electrons. The van der Waals surface area contributed by atoms with Gasteiger partial charge >= 0.3 is 0 Å². The number of benzene rings is 1. The highest BCUT2D eigenvalue weighted by Gasteiger charge is 2.21. The van der Waals surface area contributed by atoms with Crippen molar-refractivity contribution in [2.75, 3.05) is 54.0 Å². The maximum Gasteiger partial charge on any atom is 0.221 e. The summed E-state index contributed by atoms with van der Waals surface area (Å²) >= 11 is 0. The van der Waals surface area contributed by atoms with Gasteiger partial charge in [-0.25, -0.2) is 8.42 Å². The molecule has 1 amide bonds. The smallest absolute Gasteiger partial charge is 0.221 e. The number of likely N-dealkylation sites (N-methyl/N-ethyl adjacent to an activating group) is 1. The molecule has 0 aliphatic carbocycles. The van der Waals surface area contributed by atoms with E-state index in [-0.39, 0.29) is 24.1 Å². The van der Waals surface area contributed by atoms with Gasteiger partial charge in [0.1, 0.15) is 9.84 Å². The Hall–Kier alpha value is -2.00. The van der Waals surface area contributed by atoms with Gasteiger partial charge in [0.25, 0.3) is 0 Å². The van der Waals surface area contributed by atoms with Crippen LogP contribution < -0.4 is 19.5 Å². The second-order valence-electron chi connectivity index (χ2n) is 6.12. The number of ether oxygens (including phenoxy) is 3. The number of nitrogens with zero attached hydrogens (tertiary/aromatic N) is 1. The van der Waals surface area contributed by atoms with E-state index >= 15 is 0 Å². The van der Waals surface area contributed by atoms with E-state index in [2.05, 4.69) is 5.32 Å². The summed E-state index contributed by atoms with van der Waals surface area (Å²) in [4.78, 5) is 13.9. The van der Waals surface area contributed by atoms with Crippen LogP contribution in [0.5, 0.6) is 17.2 Å². The molecular weight excluding hydrogens is 360 g/mol. The molecule has 1 aromatic carbocycles. The van der Waals surface area contributed by atoms with Crippen molar-refractivity contribution in [1.82, 2.24) is 10.2 Å². The molecule has 0 aromatic heterocycles. The SMILES string of the molecule is COc1cc(C(CNC(=O)CCS(C)(=O)=O)N(C)C)cc(OC)c1OC. The summed E-state index contributed by atoms with van der Waals surface area (Å²) in [7, 11) is 5.21. The molecule has 0 aliphatic rings. The average Bonchev–Trinajstić information content (AvgIpc) is 2.58. The van der Waals surface area contributed by atoms with Crippen LogP contribution in [0, 0.1) is 0 Å². The quantitative estimate of drug-likeness (QED) is 0.635. The minimum atomic E-state index is -3.17. The third kappa shape index (κ3) is 6.38. The lowest BCUT2D eigenvalue weighted by molar-refractivity contribution is -0.120. The lowest BCUT2D eigenvalue weighted by atomic mass is 10.0. The normalized spacial score (nSPS) is 12.6. The summed E-state index contributed by atoms with van der Waals surface area (Å²) in [6.07, 6.45) is 1.05. The van der Waals surface area contributed by atoms with Crippen LogP contribution in [-0.2, 0) is 14.6 Å². The fourth-order valence-corrected chi connectivity index (χ4v) is 3.03. The monoisotopic (exact) mass is 388 g/mol. The molecule has 0 aliphatic heterocycles. The zero-order chi connectivity index (χ0) is 19.9. The molecule has 0 spiro atoms. The predicted molar refractivity (Wildman–Crippen MR) is 99.9 cm³/mol. The van der Waals surface area contributed by atoms with Gasteiger partial charge in [-0.15, -0.1) is 0 Å². The number of methoxy groups -OCH3 is 3. The van der Waals surface area contributed by atoms with Crippen LogP contribution in [0.15, 0.2) is 12.1 Å². The molecule has 1 rings (SSSR count). The molecule has 148 valence electrons. The number of sulfone groups is 1. The topological polar surface area (TPSA) is 94.2 Å². The number of carbonyl (C=O) groups is 1. The molecule has 0 heterocycles. The average molecular weight is 388 g/mol. The van der Waals surface area contributed by atoms with E-state index in [9.17, 15) is 13.2 Å². The minimum Gasteiger partial charge on any atom is -0.493 e. The van der Waals surface area contributed by atoms with Gasteiger partial charge in [-0.2, -0.15) is 0 Å². The molecule has 0 bridgehead atoms. The highest BCUT2D eigenvalue weighted by Crippen LogP contribution is 2.40. The first-order valence-electron chi connectivity index (χ1n) is 8.03. The Labute approximate surface area is 155 Å². The molecule has 9 heteroatoms. The number of hydrogen-bond acceptors (Lipinski definition) is 7. The first-order valence-corrected chi connectivity index (χ1v) is 10.1. The molecule has 8 nitrogen and oxygen atoms in total. The Bertz CT molecular complexity index is 693. The highest BCUT2D eigenvalue weighted by molar-refractivity contribution is 7.90. The Morgan fingerprint density at radius 1 is 1.12 bits per heavy atom. The van der Waals surface area contributed by atoms with Crippen LogP contribution >= 0.6 is 0 Å². The first-order chi connectivity index (χ1) is 12.1. The molecule has 1 atom stereocenters. The van der Waals surface area contributed by atoms with Crippen molar-refractivity contribution in [2.45, 2.75) is 12.5 Å². The highest BCUT2D eigenvalue weighted by atomic mass is 32.2. The van der Waals surface area contributed by atoms with E-state index < -0.39 is 9.84 Å². The Kier molecular flexibility index (Phi) is 8.16. The maximum atomic E-state index is 11.9. The Morgan fingerprint density at radius 3 is 2.04 bits per heavy atom. The van der Waals surface area contributed by atoms with Crippen molar-refractivity contribution >= 4 is 15.7 Å². The summed E-state index contributed by atoms with van der Waals surface area (Å²) in [5.74, 6) is 1.06. The predicted octanol–water partition coefficient (Wildman–Crippen LogP) is 0.866. The Morgan fingerprint density at radius 2 is 1.65 bits per heavy atom. The molecule has 1 N–H and O–H groups in total. The number of amides is 1. The largest absolute Gasteiger partial charge is 0.493 e. The van der Waals surface area contributed by atoms with E-state index in [0.29, 0.717) is 23.8 Å². The van der Waals surface area contributed by atoms with Gasteiger partial charge in [0.2, 0.25) is 11.7 Å². The zero-order valence-electron chi connectivity index (χ0n) is 16.2. The van der Waals surface area contributed by atoms with Gasteiger partial charge in [-0.05, 0) is 31.8 Å². The van der Waals surface area contributed by atoms with E-state index in [0.717, 1.165) is 11.8 Å². The second kappa shape index (κ2) is 9.63. The van der Waals surface area contributed by atoms with Gasteiger partial charge in [0.15, 0.2) is 11.5 Å². The van der Waals surface area contributed by atoms with Crippen molar-refractivity contribution in [2.24, 2.45) is 0 Å². The molecule has 0 fully saturated rings. The second-order valence-corrected chi connectivity index (χ2v) is 8.38. The standard InChI is InChI=1S/C17H28N2O6S/c1-19(2)13(11-18-16(20)7-8-26(6,21)22)12-9-14(23-3)17(25-5)15(10-12)24-4/h9-10,13H,7-8,11H2,1-6H3,(H,18,20).